The van der Waals surface area contributed by atoms with Crippen LogP contribution < -0.4 is 0 Å². The van der Waals surface area contributed by atoms with Crippen LogP contribution in [0.2, 0.25) is 0 Å². The summed E-state index contributed by atoms with van der Waals surface area (Å²) in [6.07, 6.45) is -57.8. The summed E-state index contributed by atoms with van der Waals surface area (Å²) in [7, 11) is 0. The Labute approximate surface area is 199 Å². The zero-order chi connectivity index (χ0) is 33.2. The Hall–Kier alpha value is -2.26. The van der Waals surface area contributed by atoms with Crippen molar-refractivity contribution in [1.82, 2.24) is 0 Å². The molecule has 0 unspecified atom stereocenters. The molecule has 40 heavy (non-hydrogen) atoms. The fourth-order valence-corrected chi connectivity index (χ4v) is 1.68. The molecule has 0 heterocycles. The van der Waals surface area contributed by atoms with E-state index >= 15 is 0 Å². The molecule has 0 aliphatic rings. The summed E-state index contributed by atoms with van der Waals surface area (Å²) in [5.74, 6) is -37.4. The van der Waals surface area contributed by atoms with E-state index in [4.69, 9.17) is 5.11 Å². The number of carboxylic acid groups (broad SMARTS) is 1. The van der Waals surface area contributed by atoms with E-state index in [1.807, 2.05) is 0 Å². The van der Waals surface area contributed by atoms with Crippen LogP contribution in [-0.2, 0) is 19.0 Å². The summed E-state index contributed by atoms with van der Waals surface area (Å²) in [6, 6.07) is 0. The maximum Gasteiger partial charge on any atom is 0.462 e. The molecule has 28 heteroatoms. The van der Waals surface area contributed by atoms with Crippen LogP contribution in [0.4, 0.5) is 101 Å². The van der Waals surface area contributed by atoms with Crippen molar-refractivity contribution in [1.29, 1.82) is 0 Å². The van der Waals surface area contributed by atoms with Crippen molar-refractivity contribution in [2.24, 2.45) is 0 Å². The Morgan fingerprint density at radius 1 is 0.400 bits per heavy atom. The SMILES string of the molecule is O=C(O)[C@](F)(OC(F)(F)[C@@](F)(OC(F)(F)[C@](F)(OC(F)(F)C(F)(F)C(F)(F)F)C(F)(F)F)C(F)(F)F)C(F)(F)F. The van der Waals surface area contributed by atoms with Gasteiger partial charge in [0.15, 0.2) is 0 Å². The third-order valence-electron chi connectivity index (χ3n) is 3.65. The molecule has 0 aromatic rings. The summed E-state index contributed by atoms with van der Waals surface area (Å²) in [6.45, 7) is 0. The molecule has 0 spiro atoms. The smallest absolute Gasteiger partial charge is 0.462 e. The molecule has 240 valence electrons. The Morgan fingerprint density at radius 3 is 0.900 bits per heavy atom. The van der Waals surface area contributed by atoms with Crippen LogP contribution in [0.25, 0.3) is 0 Å². The second-order valence-corrected chi connectivity index (χ2v) is 6.51. The van der Waals surface area contributed by atoms with E-state index in [-0.39, 0.29) is 0 Å². The van der Waals surface area contributed by atoms with Crippen LogP contribution in [0.3, 0.4) is 0 Å². The van der Waals surface area contributed by atoms with Crippen LogP contribution in [0.15, 0.2) is 0 Å². The summed E-state index contributed by atoms with van der Waals surface area (Å²) < 4.78 is 300. The van der Waals surface area contributed by atoms with Crippen LogP contribution in [-0.4, -0.2) is 77.6 Å². The predicted octanol–water partition coefficient (Wildman–Crippen LogP) is 6.78. The lowest BCUT2D eigenvalue weighted by atomic mass is 10.2. The summed E-state index contributed by atoms with van der Waals surface area (Å²) >= 11 is 0. The van der Waals surface area contributed by atoms with Gasteiger partial charge in [-0.2, -0.15) is 101 Å². The van der Waals surface area contributed by atoms with Gasteiger partial charge in [0.1, 0.15) is 0 Å². The largest absolute Gasteiger partial charge is 0.477 e. The van der Waals surface area contributed by atoms with E-state index in [0.29, 0.717) is 0 Å². The number of hydrogen-bond donors (Lipinski definition) is 1. The second kappa shape index (κ2) is 9.65. The first-order valence-electron chi connectivity index (χ1n) is 8.00. The molecule has 0 fully saturated rings. The van der Waals surface area contributed by atoms with Gasteiger partial charge in [-0.05, 0) is 0 Å². The molecular formula is C12HF23O5. The molecule has 0 radical (unpaired) electrons. The average Bonchev–Trinajstić information content (AvgIpc) is 2.62. The fraction of sp³-hybridized carbons (Fsp3) is 0.917. The summed E-state index contributed by atoms with van der Waals surface area (Å²) in [5, 5.41) is 7.92. The van der Waals surface area contributed by atoms with Gasteiger partial charge in [-0.1, -0.05) is 0 Å². The number of carbonyl (C=O) groups is 1. The third-order valence-corrected chi connectivity index (χ3v) is 3.65. The van der Waals surface area contributed by atoms with Crippen molar-refractivity contribution in [3.63, 3.8) is 0 Å². The first-order valence-corrected chi connectivity index (χ1v) is 8.00. The highest BCUT2D eigenvalue weighted by molar-refractivity contribution is 5.76. The van der Waals surface area contributed by atoms with E-state index in [1.165, 1.54) is 4.74 Å². The standard InChI is InChI=1S/C12HF23O5/c13-2(1(36)37,6(18,19)20)38-11(32,33)4(16,8(24,25)26)40-12(34,35)5(17,9(27,28)29)39-10(30,31)3(14,15)7(21,22)23/h(H,36,37)/t2-,4-,5+/m0/s1. The average molecular weight is 662 g/mol. The highest BCUT2D eigenvalue weighted by Crippen LogP contribution is 2.59. The first-order chi connectivity index (χ1) is 16.8. The molecule has 3 atom stereocenters. The van der Waals surface area contributed by atoms with E-state index in [2.05, 4.69) is 0 Å². The second-order valence-electron chi connectivity index (χ2n) is 6.51. The first kappa shape index (κ1) is 37.7. The van der Waals surface area contributed by atoms with Crippen LogP contribution >= 0.6 is 0 Å². The molecule has 5 nitrogen and oxygen atoms in total. The predicted molar refractivity (Wildman–Crippen MR) is 66.4 cm³/mol. The van der Waals surface area contributed by atoms with Crippen molar-refractivity contribution < 1.29 is 125 Å². The Morgan fingerprint density at radius 2 is 0.675 bits per heavy atom. The van der Waals surface area contributed by atoms with Gasteiger partial charge in [0.05, 0.1) is 0 Å². The van der Waals surface area contributed by atoms with Crippen LogP contribution in [0.5, 0.6) is 0 Å². The van der Waals surface area contributed by atoms with Gasteiger partial charge in [-0.25, -0.2) is 4.79 Å². The number of hydrogen-bond acceptors (Lipinski definition) is 4. The molecule has 0 saturated heterocycles. The lowest BCUT2D eigenvalue weighted by Crippen LogP contribution is -2.70. The molecule has 1 N–H and O–H groups in total. The van der Waals surface area contributed by atoms with E-state index < -0.39 is 72.5 Å². The maximum absolute atomic E-state index is 14.0. The lowest BCUT2D eigenvalue weighted by molar-refractivity contribution is -0.578. The van der Waals surface area contributed by atoms with Crippen molar-refractivity contribution in [3.05, 3.63) is 0 Å². The zero-order valence-corrected chi connectivity index (χ0v) is 16.8. The minimum absolute atomic E-state index is 0.973. The van der Waals surface area contributed by atoms with E-state index in [0.717, 1.165) is 9.47 Å². The molecule has 0 aromatic carbocycles. The number of carboxylic acids is 1. The quantitative estimate of drug-likeness (QED) is 0.262. The van der Waals surface area contributed by atoms with Gasteiger partial charge in [-0.3, -0.25) is 14.2 Å². The topological polar surface area (TPSA) is 65.0 Å². The van der Waals surface area contributed by atoms with Crippen molar-refractivity contribution in [2.75, 3.05) is 0 Å². The van der Waals surface area contributed by atoms with Crippen molar-refractivity contribution >= 4 is 5.97 Å². The van der Waals surface area contributed by atoms with Gasteiger partial charge in [0, 0.05) is 0 Å². The number of rotatable bonds is 10. The minimum atomic E-state index is -8.77. The van der Waals surface area contributed by atoms with Crippen molar-refractivity contribution in [2.45, 2.75) is 66.5 Å². The minimum Gasteiger partial charge on any atom is -0.477 e. The van der Waals surface area contributed by atoms with Crippen LogP contribution in [0, 0.1) is 0 Å². The molecule has 0 amide bonds. The van der Waals surface area contributed by atoms with Crippen molar-refractivity contribution in [3.8, 4) is 0 Å². The normalized spacial score (nSPS) is 20.0. The van der Waals surface area contributed by atoms with Gasteiger partial charge in [0.2, 0.25) is 0 Å². The lowest BCUT2D eigenvalue weighted by Gasteiger charge is -2.42. The Balaban J connectivity index is 7.24. The number of aliphatic carboxylic acids is 1. The van der Waals surface area contributed by atoms with Gasteiger partial charge in [-0.15, -0.1) is 0 Å². The summed E-state index contributed by atoms with van der Waals surface area (Å²) in [4.78, 5) is 10.2. The third kappa shape index (κ3) is 6.01. The molecule has 0 aliphatic carbocycles. The molecule has 0 rings (SSSR count). The van der Waals surface area contributed by atoms with Gasteiger partial charge in [0.25, 0.3) is 0 Å². The Kier molecular flexibility index (Phi) is 9.10. The Bertz CT molecular complexity index is 930. The highest BCUT2D eigenvalue weighted by atomic mass is 19.4. The van der Waals surface area contributed by atoms with Gasteiger partial charge >= 0.3 is 72.5 Å². The molecule has 0 aromatic heterocycles. The van der Waals surface area contributed by atoms with E-state index in [1.54, 1.807) is 0 Å². The molecule has 0 saturated carbocycles. The number of ether oxygens (including phenoxy) is 3. The number of halogens is 23. The monoisotopic (exact) mass is 662 g/mol. The van der Waals surface area contributed by atoms with E-state index in [9.17, 15) is 106 Å². The highest BCUT2D eigenvalue weighted by Gasteiger charge is 2.88. The van der Waals surface area contributed by atoms with Gasteiger partial charge < -0.3 is 5.11 Å². The molecule has 0 aliphatic heterocycles. The molecule has 0 bridgehead atoms. The van der Waals surface area contributed by atoms with Crippen LogP contribution in [0.1, 0.15) is 0 Å². The number of alkyl halides is 23. The maximum atomic E-state index is 14.0. The molecular weight excluding hydrogens is 661 g/mol. The summed E-state index contributed by atoms with van der Waals surface area (Å²) in [5.41, 5.74) is 0. The fourth-order valence-electron chi connectivity index (χ4n) is 1.68. The zero-order valence-electron chi connectivity index (χ0n) is 16.8.